The predicted octanol–water partition coefficient (Wildman–Crippen LogP) is 1.35. The van der Waals surface area contributed by atoms with Gasteiger partial charge in [-0.15, -0.1) is 0 Å². The van der Waals surface area contributed by atoms with E-state index in [0.29, 0.717) is 22.9 Å². The molecule has 0 amide bonds. The summed E-state index contributed by atoms with van der Waals surface area (Å²) < 4.78 is 27.7. The normalized spacial score (nSPS) is 16.4. The summed E-state index contributed by atoms with van der Waals surface area (Å²) in [7, 11) is -3.25. The van der Waals surface area contributed by atoms with Gasteiger partial charge in [0.05, 0.1) is 18.5 Å². The zero-order valence-corrected chi connectivity index (χ0v) is 10.9. The van der Waals surface area contributed by atoms with Crippen molar-refractivity contribution in [2.24, 2.45) is 0 Å². The monoisotopic (exact) mass is 276 g/mol. The molecule has 0 fully saturated rings. The molecule has 1 heterocycles. The molecule has 0 saturated heterocycles. The van der Waals surface area contributed by atoms with E-state index in [1.807, 2.05) is 0 Å². The van der Waals surface area contributed by atoms with Crippen LogP contribution in [0.15, 0.2) is 12.1 Å². The number of benzene rings is 1. The van der Waals surface area contributed by atoms with Gasteiger partial charge in [0.1, 0.15) is 15.6 Å². The van der Waals surface area contributed by atoms with Crippen molar-refractivity contribution in [3.63, 3.8) is 0 Å². The summed E-state index contributed by atoms with van der Waals surface area (Å²) in [6.07, 6.45) is 0.714. The second-order valence-corrected chi connectivity index (χ2v) is 6.81. The Bertz CT molecular complexity index is 539. The van der Waals surface area contributed by atoms with Crippen molar-refractivity contribution < 1.29 is 18.3 Å². The summed E-state index contributed by atoms with van der Waals surface area (Å²) in [5.74, 6) is 0.244. The number of rotatable bonds is 3. The van der Waals surface area contributed by atoms with Crippen LogP contribution in [0.1, 0.15) is 17.2 Å². The summed E-state index contributed by atoms with van der Waals surface area (Å²) in [5.41, 5.74) is 1.37. The fourth-order valence-corrected chi connectivity index (χ4v) is 2.92. The summed E-state index contributed by atoms with van der Waals surface area (Å²) in [5, 5.41) is 10.4. The lowest BCUT2D eigenvalue weighted by Crippen LogP contribution is -2.13. The molecule has 6 heteroatoms. The van der Waals surface area contributed by atoms with Crippen molar-refractivity contribution in [3.8, 4) is 5.75 Å². The van der Waals surface area contributed by atoms with Crippen LogP contribution in [0.4, 0.5) is 0 Å². The molecule has 1 aromatic rings. The molecule has 17 heavy (non-hydrogen) atoms. The topological polar surface area (TPSA) is 63.6 Å². The smallest absolute Gasteiger partial charge is 0.150 e. The van der Waals surface area contributed by atoms with Crippen molar-refractivity contribution >= 4 is 21.4 Å². The average molecular weight is 277 g/mol. The maximum atomic E-state index is 11.2. The molecular formula is C11H13ClO4S. The van der Waals surface area contributed by atoms with Gasteiger partial charge in [-0.1, -0.05) is 11.6 Å². The van der Waals surface area contributed by atoms with Gasteiger partial charge in [0.25, 0.3) is 0 Å². The van der Waals surface area contributed by atoms with Crippen LogP contribution in [0.5, 0.6) is 5.75 Å². The van der Waals surface area contributed by atoms with E-state index >= 15 is 0 Å². The lowest BCUT2D eigenvalue weighted by atomic mass is 10.0. The van der Waals surface area contributed by atoms with E-state index < -0.39 is 15.9 Å². The van der Waals surface area contributed by atoms with Crippen LogP contribution in [-0.2, 0) is 16.3 Å². The average Bonchev–Trinajstić information content (AvgIpc) is 2.60. The van der Waals surface area contributed by atoms with Crippen LogP contribution in [-0.4, -0.2) is 32.1 Å². The summed E-state index contributed by atoms with van der Waals surface area (Å²) in [6, 6.07) is 3.34. The molecular weight excluding hydrogens is 264 g/mol. The zero-order chi connectivity index (χ0) is 12.6. The van der Waals surface area contributed by atoms with Crippen LogP contribution in [0.2, 0.25) is 5.02 Å². The van der Waals surface area contributed by atoms with Crippen molar-refractivity contribution in [3.05, 3.63) is 28.3 Å². The highest BCUT2D eigenvalue weighted by Crippen LogP contribution is 2.36. The molecule has 0 bridgehead atoms. The van der Waals surface area contributed by atoms with Gasteiger partial charge in [0.2, 0.25) is 0 Å². The Labute approximate surface area is 105 Å². The molecule has 4 nitrogen and oxygen atoms in total. The molecule has 0 saturated carbocycles. The third-order valence-electron chi connectivity index (χ3n) is 2.60. The zero-order valence-electron chi connectivity index (χ0n) is 9.31. The van der Waals surface area contributed by atoms with Gasteiger partial charge in [0, 0.05) is 23.3 Å². The molecule has 1 aromatic carbocycles. The first-order valence-electron chi connectivity index (χ1n) is 5.18. The van der Waals surface area contributed by atoms with E-state index in [1.54, 1.807) is 12.1 Å². The van der Waals surface area contributed by atoms with E-state index in [0.717, 1.165) is 18.2 Å². The first-order chi connectivity index (χ1) is 7.87. The molecule has 94 valence electrons. The van der Waals surface area contributed by atoms with Crippen molar-refractivity contribution in [1.29, 1.82) is 0 Å². The fourth-order valence-electron chi connectivity index (χ4n) is 1.92. The third kappa shape index (κ3) is 2.91. The Hall–Kier alpha value is -0.780. The molecule has 2 rings (SSSR count). The highest BCUT2D eigenvalue weighted by atomic mass is 35.5. The molecule has 1 unspecified atom stereocenters. The number of ether oxygens (including phenoxy) is 1. The molecule has 0 aromatic heterocycles. The van der Waals surface area contributed by atoms with Gasteiger partial charge in [-0.2, -0.15) is 0 Å². The fraction of sp³-hybridized carbons (Fsp3) is 0.455. The summed E-state index contributed by atoms with van der Waals surface area (Å²) >= 11 is 5.93. The highest BCUT2D eigenvalue weighted by Gasteiger charge is 2.24. The number of sulfone groups is 1. The van der Waals surface area contributed by atoms with Gasteiger partial charge >= 0.3 is 0 Å². The van der Waals surface area contributed by atoms with Crippen LogP contribution in [0.3, 0.4) is 0 Å². The number of halogens is 1. The van der Waals surface area contributed by atoms with Crippen LogP contribution in [0, 0.1) is 0 Å². The summed E-state index contributed by atoms with van der Waals surface area (Å²) in [4.78, 5) is 0. The van der Waals surface area contributed by atoms with Crippen LogP contribution >= 0.6 is 11.6 Å². The van der Waals surface area contributed by atoms with Crippen molar-refractivity contribution in [1.82, 2.24) is 0 Å². The molecule has 0 aliphatic carbocycles. The third-order valence-corrected chi connectivity index (χ3v) is 3.74. The minimum absolute atomic E-state index is 0.330. The van der Waals surface area contributed by atoms with Gasteiger partial charge < -0.3 is 9.84 Å². The van der Waals surface area contributed by atoms with E-state index in [-0.39, 0.29) is 5.75 Å². The maximum Gasteiger partial charge on any atom is 0.150 e. The molecule has 1 atom stereocenters. The first kappa shape index (κ1) is 12.7. The number of aliphatic hydroxyl groups is 1. The van der Waals surface area contributed by atoms with Crippen molar-refractivity contribution in [2.45, 2.75) is 12.5 Å². The maximum absolute atomic E-state index is 11.2. The second kappa shape index (κ2) is 4.48. The minimum Gasteiger partial charge on any atom is -0.493 e. The minimum atomic E-state index is -3.25. The molecule has 0 spiro atoms. The lowest BCUT2D eigenvalue weighted by Gasteiger charge is -2.14. The Morgan fingerprint density at radius 3 is 2.88 bits per heavy atom. The highest BCUT2D eigenvalue weighted by molar-refractivity contribution is 7.90. The van der Waals surface area contributed by atoms with E-state index in [9.17, 15) is 13.5 Å². The van der Waals surface area contributed by atoms with E-state index in [4.69, 9.17) is 16.3 Å². The molecule has 0 radical (unpaired) electrons. The van der Waals surface area contributed by atoms with Crippen molar-refractivity contribution in [2.75, 3.05) is 18.6 Å². The quantitative estimate of drug-likeness (QED) is 0.905. The summed E-state index contributed by atoms with van der Waals surface area (Å²) in [6.45, 7) is 0.536. The van der Waals surface area contributed by atoms with Crippen LogP contribution in [0.25, 0.3) is 0 Å². The standard InChI is InChI=1S/C11H13ClO4S/c1-17(14,15)6-10(13)9-5-8(12)4-7-2-3-16-11(7)9/h4-5,10,13H,2-3,6H2,1H3. The van der Waals surface area contributed by atoms with Gasteiger partial charge in [0.15, 0.2) is 0 Å². The largest absolute Gasteiger partial charge is 0.493 e. The number of fused-ring (bicyclic) bond motifs is 1. The number of aliphatic hydroxyl groups excluding tert-OH is 1. The molecule has 1 N–H and O–H groups in total. The molecule has 1 aliphatic heterocycles. The Balaban J connectivity index is 2.38. The SMILES string of the molecule is CS(=O)(=O)CC(O)c1cc(Cl)cc2c1OCC2. The van der Waals surface area contributed by atoms with Gasteiger partial charge in [-0.05, 0) is 17.7 Å². The van der Waals surface area contributed by atoms with E-state index in [1.165, 1.54) is 0 Å². The molecule has 1 aliphatic rings. The Morgan fingerprint density at radius 2 is 2.24 bits per heavy atom. The second-order valence-electron chi connectivity index (χ2n) is 4.19. The van der Waals surface area contributed by atoms with E-state index in [2.05, 4.69) is 0 Å². The van der Waals surface area contributed by atoms with Gasteiger partial charge in [-0.25, -0.2) is 8.42 Å². The first-order valence-corrected chi connectivity index (χ1v) is 7.61. The Kier molecular flexibility index (Phi) is 3.34. The number of hydrogen-bond acceptors (Lipinski definition) is 4. The lowest BCUT2D eigenvalue weighted by molar-refractivity contribution is 0.196. The predicted molar refractivity (Wildman–Crippen MR) is 65.3 cm³/mol. The Morgan fingerprint density at radius 1 is 1.53 bits per heavy atom. The van der Waals surface area contributed by atoms with Gasteiger partial charge in [-0.3, -0.25) is 0 Å². The number of hydrogen-bond donors (Lipinski definition) is 1. The van der Waals surface area contributed by atoms with Crippen LogP contribution < -0.4 is 4.74 Å².